The minimum atomic E-state index is -4.71. The van der Waals surface area contributed by atoms with E-state index < -0.39 is 11.9 Å². The Bertz CT molecular complexity index is 1340. The number of ketones is 1. The average molecular weight is 532 g/mol. The molecule has 0 amide bonds. The molecule has 0 saturated heterocycles. The van der Waals surface area contributed by atoms with Crippen molar-refractivity contribution in [2.75, 3.05) is 25.1 Å². The Kier molecular flexibility index (Phi) is 9.09. The van der Waals surface area contributed by atoms with Gasteiger partial charge in [-0.15, -0.1) is 0 Å². The summed E-state index contributed by atoms with van der Waals surface area (Å²) in [6, 6.07) is 13.5. The Balaban J connectivity index is 1.76. The molecule has 1 heterocycles. The minimum absolute atomic E-state index is 0.0676. The number of esters is 1. The van der Waals surface area contributed by atoms with Gasteiger partial charge in [0.2, 0.25) is 0 Å². The molecule has 0 atom stereocenters. The van der Waals surface area contributed by atoms with Gasteiger partial charge in [0.1, 0.15) is 11.4 Å². The van der Waals surface area contributed by atoms with E-state index in [9.17, 15) is 28.0 Å². The third kappa shape index (κ3) is 7.21. The molecule has 3 aromatic rings. The smallest absolute Gasteiger partial charge is 0.433 e. The van der Waals surface area contributed by atoms with Crippen LogP contribution in [0, 0.1) is 11.3 Å². The van der Waals surface area contributed by atoms with Gasteiger partial charge in [-0.25, -0.2) is 0 Å². The Morgan fingerprint density at radius 1 is 1.14 bits per heavy atom. The first-order valence-corrected chi connectivity index (χ1v) is 11.4. The summed E-state index contributed by atoms with van der Waals surface area (Å²) in [5.41, 5.74) is -0.468. The van der Waals surface area contributed by atoms with Gasteiger partial charge in [0.25, 0.3) is 0 Å². The molecule has 0 fully saturated rings. The van der Waals surface area contributed by atoms with Gasteiger partial charge < -0.3 is 14.8 Å². The maximum absolute atomic E-state index is 13.0. The van der Waals surface area contributed by atoms with Crippen molar-refractivity contribution in [1.29, 1.82) is 5.26 Å². The highest BCUT2D eigenvalue weighted by Gasteiger charge is 2.33. The normalized spacial score (nSPS) is 10.9. The van der Waals surface area contributed by atoms with Crippen molar-refractivity contribution in [3.63, 3.8) is 0 Å². The molecule has 0 unspecified atom stereocenters. The van der Waals surface area contributed by atoms with E-state index in [4.69, 9.17) is 21.1 Å². The summed E-state index contributed by atoms with van der Waals surface area (Å²) >= 11 is 6.24. The van der Waals surface area contributed by atoms with Gasteiger partial charge in [-0.05, 0) is 43.3 Å². The molecule has 0 aliphatic rings. The van der Waals surface area contributed by atoms with Crippen LogP contribution in [-0.2, 0) is 15.7 Å². The second-order valence-corrected chi connectivity index (χ2v) is 8.00. The number of benzene rings is 2. The number of carbonyl (C=O) groups is 2. The maximum atomic E-state index is 13.0. The molecule has 0 aliphatic carbocycles. The molecule has 11 heteroatoms. The lowest BCUT2D eigenvalue weighted by Crippen LogP contribution is -2.15. The fourth-order valence-corrected chi connectivity index (χ4v) is 3.54. The molecule has 37 heavy (non-hydrogen) atoms. The minimum Gasteiger partial charge on any atom is -0.491 e. The third-order valence-electron chi connectivity index (χ3n) is 5.09. The fourth-order valence-electron chi connectivity index (χ4n) is 3.32. The lowest BCUT2D eigenvalue weighted by atomic mass is 9.98. The first-order valence-electron chi connectivity index (χ1n) is 11.1. The van der Waals surface area contributed by atoms with Gasteiger partial charge in [-0.3, -0.25) is 14.6 Å². The van der Waals surface area contributed by atoms with E-state index in [1.54, 1.807) is 37.3 Å². The number of nitrogens with zero attached hydrogens (tertiary/aromatic N) is 2. The van der Waals surface area contributed by atoms with Crippen LogP contribution in [0.4, 0.5) is 18.9 Å². The van der Waals surface area contributed by atoms with Gasteiger partial charge in [-0.2, -0.15) is 18.4 Å². The second kappa shape index (κ2) is 12.2. The number of nitrogens with one attached hydrogen (secondary N) is 1. The van der Waals surface area contributed by atoms with Crippen LogP contribution in [0.5, 0.6) is 5.75 Å². The summed E-state index contributed by atoms with van der Waals surface area (Å²) in [4.78, 5) is 27.8. The zero-order valence-electron chi connectivity index (χ0n) is 19.6. The molecular formula is C26H21ClF3N3O4. The summed E-state index contributed by atoms with van der Waals surface area (Å²) in [6.07, 6.45) is -3.73. The van der Waals surface area contributed by atoms with E-state index in [2.05, 4.69) is 10.3 Å². The highest BCUT2D eigenvalue weighted by Crippen LogP contribution is 2.34. The standard InChI is InChI=1S/C26H21ClF3N3O4/c1-2-36-25(35)9-10-37-23-6-4-3-5-21(23)32-15-22(34)16-7-8-20(27)18(11-16)19-14-33-24(26(28,29)30)12-17(19)13-31/h3-8,11-12,14,32H,2,9-10,15H2,1H3. The molecule has 0 saturated carbocycles. The first-order chi connectivity index (χ1) is 17.6. The number of nitriles is 1. The Morgan fingerprint density at radius 2 is 1.89 bits per heavy atom. The topological polar surface area (TPSA) is 101 Å². The molecule has 3 rings (SSSR count). The molecule has 192 valence electrons. The lowest BCUT2D eigenvalue weighted by Gasteiger charge is -2.14. The van der Waals surface area contributed by atoms with E-state index in [1.165, 1.54) is 18.2 Å². The Morgan fingerprint density at radius 3 is 2.59 bits per heavy atom. The molecule has 2 aromatic carbocycles. The van der Waals surface area contributed by atoms with Crippen molar-refractivity contribution >= 4 is 29.0 Å². The van der Waals surface area contributed by atoms with Gasteiger partial charge in [0, 0.05) is 27.9 Å². The monoisotopic (exact) mass is 531 g/mol. The summed E-state index contributed by atoms with van der Waals surface area (Å²) in [6.45, 7) is 1.93. The third-order valence-corrected chi connectivity index (χ3v) is 5.42. The molecule has 0 bridgehead atoms. The highest BCUT2D eigenvalue weighted by atomic mass is 35.5. The summed E-state index contributed by atoms with van der Waals surface area (Å²) in [7, 11) is 0. The molecular weight excluding hydrogens is 511 g/mol. The predicted octanol–water partition coefficient (Wildman–Crippen LogP) is 5.92. The number of ether oxygens (including phenoxy) is 2. The van der Waals surface area contributed by atoms with Crippen molar-refractivity contribution in [3.8, 4) is 22.9 Å². The molecule has 0 aliphatic heterocycles. The number of anilines is 1. The van der Waals surface area contributed by atoms with E-state index in [0.29, 0.717) is 17.5 Å². The van der Waals surface area contributed by atoms with Crippen LogP contribution >= 0.6 is 11.6 Å². The lowest BCUT2D eigenvalue weighted by molar-refractivity contribution is -0.143. The van der Waals surface area contributed by atoms with E-state index in [0.717, 1.165) is 6.20 Å². The second-order valence-electron chi connectivity index (χ2n) is 7.60. The zero-order valence-corrected chi connectivity index (χ0v) is 20.3. The van der Waals surface area contributed by atoms with Crippen molar-refractivity contribution in [3.05, 3.63) is 76.6 Å². The summed E-state index contributed by atoms with van der Waals surface area (Å²) < 4.78 is 49.5. The first kappa shape index (κ1) is 27.5. The number of Topliss-reactive ketones (excluding diaryl/α,β-unsaturated/α-hetero) is 1. The van der Waals surface area contributed by atoms with Crippen molar-refractivity contribution in [2.45, 2.75) is 19.5 Å². The SMILES string of the molecule is CCOC(=O)CCOc1ccccc1NCC(=O)c1ccc(Cl)c(-c2cnc(C(F)(F)F)cc2C#N)c1. The maximum Gasteiger partial charge on any atom is 0.433 e. The zero-order chi connectivity index (χ0) is 27.0. The van der Waals surface area contributed by atoms with Gasteiger partial charge in [0.15, 0.2) is 5.78 Å². The van der Waals surface area contributed by atoms with Gasteiger partial charge >= 0.3 is 12.1 Å². The number of hydrogen-bond acceptors (Lipinski definition) is 7. The summed E-state index contributed by atoms with van der Waals surface area (Å²) in [5.74, 6) is -0.298. The van der Waals surface area contributed by atoms with Crippen molar-refractivity contribution in [2.24, 2.45) is 0 Å². The van der Waals surface area contributed by atoms with Crippen molar-refractivity contribution in [1.82, 2.24) is 4.98 Å². The van der Waals surface area contributed by atoms with Crippen LogP contribution < -0.4 is 10.1 Å². The van der Waals surface area contributed by atoms with Crippen LogP contribution in [0.15, 0.2) is 54.7 Å². The predicted molar refractivity (Wildman–Crippen MR) is 130 cm³/mol. The van der Waals surface area contributed by atoms with Crippen LogP contribution in [-0.4, -0.2) is 36.5 Å². The Hall–Kier alpha value is -4.10. The molecule has 7 nitrogen and oxygen atoms in total. The van der Waals surface area contributed by atoms with E-state index in [1.807, 2.05) is 0 Å². The van der Waals surface area contributed by atoms with Crippen molar-refractivity contribution < 1.29 is 32.2 Å². The number of alkyl halides is 3. The van der Waals surface area contributed by atoms with Crippen LogP contribution in [0.25, 0.3) is 11.1 Å². The van der Waals surface area contributed by atoms with Crippen LogP contribution in [0.1, 0.15) is 35.0 Å². The van der Waals surface area contributed by atoms with Crippen LogP contribution in [0.2, 0.25) is 5.02 Å². The van der Waals surface area contributed by atoms with Gasteiger partial charge in [-0.1, -0.05) is 23.7 Å². The molecule has 1 N–H and O–H groups in total. The number of carbonyl (C=O) groups excluding carboxylic acids is 2. The number of aromatic nitrogens is 1. The highest BCUT2D eigenvalue weighted by molar-refractivity contribution is 6.33. The Labute approximate surface area is 215 Å². The molecule has 1 aromatic heterocycles. The molecule has 0 radical (unpaired) electrons. The quantitative estimate of drug-likeness (QED) is 0.256. The number of para-hydroxylation sites is 2. The van der Waals surface area contributed by atoms with Crippen LogP contribution in [0.3, 0.4) is 0 Å². The number of hydrogen-bond donors (Lipinski definition) is 1. The van der Waals surface area contributed by atoms with Gasteiger partial charge in [0.05, 0.1) is 43.5 Å². The fraction of sp³-hybridized carbons (Fsp3) is 0.231. The average Bonchev–Trinajstić information content (AvgIpc) is 2.87. The summed E-state index contributed by atoms with van der Waals surface area (Å²) in [5, 5.41) is 12.5. The molecule has 0 spiro atoms. The van der Waals surface area contributed by atoms with E-state index >= 15 is 0 Å². The largest absolute Gasteiger partial charge is 0.491 e. The number of halogens is 4. The number of rotatable bonds is 10. The van der Waals surface area contributed by atoms with E-state index in [-0.39, 0.29) is 65.2 Å². The number of pyridine rings is 1.